The zero-order chi connectivity index (χ0) is 11.6. The summed E-state index contributed by atoms with van der Waals surface area (Å²) in [7, 11) is 0. The SMILES string of the molecule is CC(C)[O-].CCCCC(CC)C(=O)[O-].[Cu+2]. The first kappa shape index (κ1) is 20.4. The van der Waals surface area contributed by atoms with Crippen LogP contribution in [-0.2, 0) is 21.9 Å². The Morgan fingerprint density at radius 1 is 1.27 bits per heavy atom. The molecular formula is C11H22CuO3. The number of carbonyl (C=O) groups excluding carboxylic acids is 1. The van der Waals surface area contributed by atoms with E-state index in [9.17, 15) is 15.0 Å². The van der Waals surface area contributed by atoms with Crippen molar-refractivity contribution in [2.75, 3.05) is 0 Å². The number of carboxylic acid groups (broad SMARTS) is 1. The van der Waals surface area contributed by atoms with Crippen LogP contribution < -0.4 is 10.2 Å². The quantitative estimate of drug-likeness (QED) is 0.688. The molecule has 15 heavy (non-hydrogen) atoms. The fourth-order valence-corrected chi connectivity index (χ4v) is 0.939. The van der Waals surface area contributed by atoms with Gasteiger partial charge in [0.1, 0.15) is 0 Å². The molecule has 0 spiro atoms. The molecule has 0 aromatic rings. The summed E-state index contributed by atoms with van der Waals surface area (Å²) in [5, 5.41) is 19.9. The monoisotopic (exact) mass is 265 g/mol. The summed E-state index contributed by atoms with van der Waals surface area (Å²) in [6, 6.07) is 0. The number of unbranched alkanes of at least 4 members (excludes halogenated alkanes) is 1. The topological polar surface area (TPSA) is 63.2 Å². The Morgan fingerprint density at radius 3 is 1.87 bits per heavy atom. The summed E-state index contributed by atoms with van der Waals surface area (Å²) in [4.78, 5) is 10.3. The minimum absolute atomic E-state index is 0. The Labute approximate surface area is 104 Å². The largest absolute Gasteiger partial charge is 2.00 e. The first-order valence-corrected chi connectivity index (χ1v) is 5.32. The number of rotatable bonds is 5. The van der Waals surface area contributed by atoms with Crippen LogP contribution in [0.2, 0.25) is 0 Å². The molecule has 3 nitrogen and oxygen atoms in total. The predicted octanol–water partition coefficient (Wildman–Crippen LogP) is 0.705. The van der Waals surface area contributed by atoms with E-state index in [1.807, 2.05) is 6.92 Å². The van der Waals surface area contributed by atoms with Crippen LogP contribution in [0, 0.1) is 5.92 Å². The smallest absolute Gasteiger partial charge is 0.852 e. The molecule has 0 amide bonds. The van der Waals surface area contributed by atoms with Gasteiger partial charge in [-0.15, -0.1) is 6.10 Å². The molecule has 1 atom stereocenters. The molecule has 0 bridgehead atoms. The normalized spacial score (nSPS) is 11.1. The molecule has 0 aliphatic carbocycles. The molecule has 0 heterocycles. The summed E-state index contributed by atoms with van der Waals surface area (Å²) in [5.74, 6) is -1.11. The van der Waals surface area contributed by atoms with Gasteiger partial charge in [-0.2, -0.15) is 0 Å². The van der Waals surface area contributed by atoms with Gasteiger partial charge in [0.15, 0.2) is 0 Å². The van der Waals surface area contributed by atoms with Crippen molar-refractivity contribution < 1.29 is 32.1 Å². The maximum Gasteiger partial charge on any atom is 2.00 e. The number of carboxylic acids is 1. The maximum atomic E-state index is 10.3. The van der Waals surface area contributed by atoms with Gasteiger partial charge < -0.3 is 15.0 Å². The molecule has 0 saturated carbocycles. The van der Waals surface area contributed by atoms with Crippen LogP contribution >= 0.6 is 0 Å². The van der Waals surface area contributed by atoms with Crippen LogP contribution in [-0.4, -0.2) is 12.1 Å². The Hall–Kier alpha value is -0.0505. The second kappa shape index (κ2) is 13.9. The number of hydrogen-bond acceptors (Lipinski definition) is 3. The third-order valence-electron chi connectivity index (χ3n) is 1.73. The van der Waals surface area contributed by atoms with Gasteiger partial charge in [-0.3, -0.25) is 0 Å². The van der Waals surface area contributed by atoms with E-state index in [1.165, 1.54) is 0 Å². The van der Waals surface area contributed by atoms with E-state index in [0.29, 0.717) is 6.42 Å². The van der Waals surface area contributed by atoms with Crippen LogP contribution in [0.3, 0.4) is 0 Å². The molecule has 0 rings (SSSR count). The van der Waals surface area contributed by atoms with Crippen molar-refractivity contribution in [1.82, 2.24) is 0 Å². The van der Waals surface area contributed by atoms with Crippen molar-refractivity contribution in [3.63, 3.8) is 0 Å². The average Bonchev–Trinajstić information content (AvgIpc) is 2.04. The minimum Gasteiger partial charge on any atom is -0.852 e. The maximum absolute atomic E-state index is 10.3. The molecule has 0 aliphatic heterocycles. The summed E-state index contributed by atoms with van der Waals surface area (Å²) in [6.07, 6.45) is 3.11. The standard InChI is InChI=1S/C8H16O2.C3H7O.Cu/c1-3-5-6-7(4-2)8(9)10;1-3(2)4;/h7H,3-6H2,1-2H3,(H,9,10);3H,1-2H3;/q;-1;+2/p-1. The Bertz CT molecular complexity index is 135. The van der Waals surface area contributed by atoms with E-state index >= 15 is 0 Å². The van der Waals surface area contributed by atoms with Crippen LogP contribution in [0.25, 0.3) is 0 Å². The zero-order valence-electron chi connectivity index (χ0n) is 10.0. The van der Waals surface area contributed by atoms with Crippen molar-refractivity contribution in [2.24, 2.45) is 5.92 Å². The van der Waals surface area contributed by atoms with Crippen LogP contribution in [0.5, 0.6) is 0 Å². The van der Waals surface area contributed by atoms with E-state index in [0.717, 1.165) is 19.3 Å². The van der Waals surface area contributed by atoms with Gasteiger partial charge in [0, 0.05) is 5.97 Å². The van der Waals surface area contributed by atoms with Gasteiger partial charge in [-0.1, -0.05) is 40.5 Å². The second-order valence-corrected chi connectivity index (χ2v) is 3.62. The third-order valence-corrected chi connectivity index (χ3v) is 1.73. The fraction of sp³-hybridized carbons (Fsp3) is 0.909. The van der Waals surface area contributed by atoms with Crippen molar-refractivity contribution in [3.8, 4) is 0 Å². The molecule has 1 radical (unpaired) electrons. The van der Waals surface area contributed by atoms with Crippen LogP contribution in [0.1, 0.15) is 53.4 Å². The minimum atomic E-state index is -0.893. The van der Waals surface area contributed by atoms with Crippen molar-refractivity contribution in [3.05, 3.63) is 0 Å². The fourth-order valence-electron chi connectivity index (χ4n) is 0.939. The molecular weight excluding hydrogens is 244 g/mol. The van der Waals surface area contributed by atoms with Crippen molar-refractivity contribution in [1.29, 1.82) is 0 Å². The first-order valence-electron chi connectivity index (χ1n) is 5.32. The van der Waals surface area contributed by atoms with Crippen LogP contribution in [0.4, 0.5) is 0 Å². The number of hydrogen-bond donors (Lipinski definition) is 0. The Morgan fingerprint density at radius 2 is 1.67 bits per heavy atom. The Kier molecular flexibility index (Phi) is 18.9. The summed E-state index contributed by atoms with van der Waals surface area (Å²) in [6.45, 7) is 7.16. The van der Waals surface area contributed by atoms with Gasteiger partial charge in [-0.25, -0.2) is 0 Å². The molecule has 4 heteroatoms. The molecule has 0 fully saturated rings. The van der Waals surface area contributed by atoms with Gasteiger partial charge in [0.2, 0.25) is 0 Å². The van der Waals surface area contributed by atoms with Gasteiger partial charge in [0.25, 0.3) is 0 Å². The van der Waals surface area contributed by atoms with E-state index in [-0.39, 0.29) is 23.0 Å². The van der Waals surface area contributed by atoms with Crippen molar-refractivity contribution >= 4 is 5.97 Å². The summed E-state index contributed by atoms with van der Waals surface area (Å²) in [5.41, 5.74) is 0. The second-order valence-electron chi connectivity index (χ2n) is 3.62. The molecule has 1 unspecified atom stereocenters. The van der Waals surface area contributed by atoms with Gasteiger partial charge in [0.05, 0.1) is 0 Å². The van der Waals surface area contributed by atoms with Gasteiger partial charge >= 0.3 is 17.1 Å². The molecule has 95 valence electrons. The van der Waals surface area contributed by atoms with Gasteiger partial charge in [-0.05, 0) is 18.8 Å². The molecule has 0 N–H and O–H groups in total. The van der Waals surface area contributed by atoms with E-state index in [1.54, 1.807) is 13.8 Å². The van der Waals surface area contributed by atoms with Crippen LogP contribution in [0.15, 0.2) is 0 Å². The summed E-state index contributed by atoms with van der Waals surface area (Å²) >= 11 is 0. The molecule has 0 aromatic carbocycles. The zero-order valence-corrected chi connectivity index (χ0v) is 11.0. The summed E-state index contributed by atoms with van der Waals surface area (Å²) < 4.78 is 0. The third kappa shape index (κ3) is 20.1. The van der Waals surface area contributed by atoms with Crippen molar-refractivity contribution in [2.45, 2.75) is 59.5 Å². The Balaban J connectivity index is -0.000000249. The van der Waals surface area contributed by atoms with E-state index < -0.39 is 12.1 Å². The molecule has 0 saturated heterocycles. The molecule has 0 aliphatic rings. The molecule has 0 aromatic heterocycles. The first-order chi connectivity index (χ1) is 6.45. The number of aliphatic carboxylic acids is 1. The van der Waals surface area contributed by atoms with E-state index in [2.05, 4.69) is 6.92 Å². The predicted molar refractivity (Wildman–Crippen MR) is 53.4 cm³/mol. The number of carbonyl (C=O) groups is 1. The average molecular weight is 266 g/mol. The van der Waals surface area contributed by atoms with E-state index in [4.69, 9.17) is 0 Å².